The molecule has 2 aliphatic rings. The quantitative estimate of drug-likeness (QED) is 0.718. The van der Waals surface area contributed by atoms with Crippen molar-refractivity contribution in [2.45, 2.75) is 52.1 Å². The van der Waals surface area contributed by atoms with Crippen LogP contribution in [0.15, 0.2) is 35.7 Å². The van der Waals surface area contributed by atoms with Gasteiger partial charge in [-0.3, -0.25) is 9.59 Å². The summed E-state index contributed by atoms with van der Waals surface area (Å²) >= 11 is 1.76. The van der Waals surface area contributed by atoms with Crippen molar-refractivity contribution in [1.82, 2.24) is 9.80 Å². The number of thiophene rings is 1. The van der Waals surface area contributed by atoms with Crippen LogP contribution in [0.3, 0.4) is 0 Å². The lowest BCUT2D eigenvalue weighted by atomic mass is 9.92. The molecule has 0 N–H and O–H groups in total. The Morgan fingerprint density at radius 1 is 1.17 bits per heavy atom. The number of ether oxygens (including phenoxy) is 1. The predicted octanol–water partition coefficient (Wildman–Crippen LogP) is 4.27. The molecule has 30 heavy (non-hydrogen) atoms. The Labute approximate surface area is 182 Å². The molecular weight excluding hydrogens is 396 g/mol. The number of carbonyl (C=O) groups excluding carboxylic acids is 2. The van der Waals surface area contributed by atoms with E-state index in [0.717, 1.165) is 30.6 Å². The first kappa shape index (κ1) is 20.9. The summed E-state index contributed by atoms with van der Waals surface area (Å²) in [5, 5.41) is 2.11. The molecule has 4 rings (SSSR count). The van der Waals surface area contributed by atoms with Crippen LogP contribution in [0.5, 0.6) is 5.75 Å². The molecule has 1 aliphatic heterocycles. The van der Waals surface area contributed by atoms with Gasteiger partial charge in [0.25, 0.3) is 0 Å². The number of hydrogen-bond acceptors (Lipinski definition) is 4. The van der Waals surface area contributed by atoms with E-state index < -0.39 is 5.41 Å². The standard InChI is InChI=1S/C24H30N2O3S/c1-24(2,3)23(28)26(17-7-8-17)15-21(27)25-13-11-20-19(12-14-30-20)22(25)16-5-9-18(29-4)10-6-16/h5-6,9-10,12,14,17,22H,7-8,11,13,15H2,1-4H3. The number of fused-ring (bicyclic) bond motifs is 1. The Morgan fingerprint density at radius 2 is 1.87 bits per heavy atom. The molecular formula is C24H30N2O3S. The summed E-state index contributed by atoms with van der Waals surface area (Å²) in [7, 11) is 1.65. The number of benzene rings is 1. The summed E-state index contributed by atoms with van der Waals surface area (Å²) in [5.41, 5.74) is 1.79. The summed E-state index contributed by atoms with van der Waals surface area (Å²) in [5.74, 6) is 0.887. The van der Waals surface area contributed by atoms with E-state index in [4.69, 9.17) is 4.74 Å². The van der Waals surface area contributed by atoms with Gasteiger partial charge >= 0.3 is 0 Å². The molecule has 1 unspecified atom stereocenters. The van der Waals surface area contributed by atoms with Crippen molar-refractivity contribution in [3.8, 4) is 5.75 Å². The van der Waals surface area contributed by atoms with Gasteiger partial charge in [0.15, 0.2) is 0 Å². The highest BCUT2D eigenvalue weighted by molar-refractivity contribution is 7.10. The number of hydrogen-bond donors (Lipinski definition) is 0. The van der Waals surface area contributed by atoms with Crippen LogP contribution in [0, 0.1) is 5.41 Å². The number of methoxy groups -OCH3 is 1. The van der Waals surface area contributed by atoms with Crippen molar-refractivity contribution in [3.05, 3.63) is 51.7 Å². The SMILES string of the molecule is COc1ccc(C2c3ccsc3CCN2C(=O)CN(C(=O)C(C)(C)C)C2CC2)cc1. The Kier molecular flexibility index (Phi) is 5.62. The zero-order valence-electron chi connectivity index (χ0n) is 18.2. The molecule has 1 fully saturated rings. The fourth-order valence-corrected chi connectivity index (χ4v) is 5.05. The van der Waals surface area contributed by atoms with Crippen LogP contribution < -0.4 is 4.74 Å². The maximum atomic E-state index is 13.5. The highest BCUT2D eigenvalue weighted by Gasteiger charge is 2.40. The second kappa shape index (κ2) is 8.06. The Hall–Kier alpha value is -2.34. The highest BCUT2D eigenvalue weighted by atomic mass is 32.1. The minimum absolute atomic E-state index is 0.0252. The van der Waals surface area contributed by atoms with E-state index in [1.54, 1.807) is 18.4 Å². The molecule has 5 nitrogen and oxygen atoms in total. The van der Waals surface area contributed by atoms with Crippen molar-refractivity contribution in [2.24, 2.45) is 5.41 Å². The molecule has 2 aromatic rings. The van der Waals surface area contributed by atoms with Gasteiger partial charge in [0, 0.05) is 22.9 Å². The lowest BCUT2D eigenvalue weighted by Crippen LogP contribution is -2.49. The summed E-state index contributed by atoms with van der Waals surface area (Å²) in [6.07, 6.45) is 2.85. The van der Waals surface area contributed by atoms with Gasteiger partial charge in [-0.15, -0.1) is 11.3 Å². The first-order valence-corrected chi connectivity index (χ1v) is 11.5. The Morgan fingerprint density at radius 3 is 2.47 bits per heavy atom. The van der Waals surface area contributed by atoms with Crippen LogP contribution in [0.25, 0.3) is 0 Å². The van der Waals surface area contributed by atoms with Crippen molar-refractivity contribution in [3.63, 3.8) is 0 Å². The predicted molar refractivity (Wildman–Crippen MR) is 119 cm³/mol. The summed E-state index contributed by atoms with van der Waals surface area (Å²) in [6, 6.07) is 10.2. The van der Waals surface area contributed by atoms with Gasteiger partial charge in [-0.25, -0.2) is 0 Å². The normalized spacial score (nSPS) is 18.7. The number of rotatable bonds is 5. The van der Waals surface area contributed by atoms with Gasteiger partial charge in [-0.1, -0.05) is 32.9 Å². The molecule has 1 atom stereocenters. The van der Waals surface area contributed by atoms with E-state index in [2.05, 4.69) is 11.4 Å². The molecule has 0 radical (unpaired) electrons. The molecule has 1 aromatic carbocycles. The molecule has 1 aliphatic carbocycles. The van der Waals surface area contributed by atoms with E-state index in [1.807, 2.05) is 54.8 Å². The molecule has 6 heteroatoms. The first-order chi connectivity index (χ1) is 14.3. The summed E-state index contributed by atoms with van der Waals surface area (Å²) < 4.78 is 5.31. The number of nitrogens with zero attached hydrogens (tertiary/aromatic N) is 2. The minimum atomic E-state index is -0.485. The minimum Gasteiger partial charge on any atom is -0.497 e. The molecule has 2 amide bonds. The van der Waals surface area contributed by atoms with Crippen molar-refractivity contribution in [2.75, 3.05) is 20.2 Å². The third-order valence-electron chi connectivity index (χ3n) is 5.91. The third-order valence-corrected chi connectivity index (χ3v) is 6.91. The van der Waals surface area contributed by atoms with Crippen LogP contribution in [0.4, 0.5) is 0 Å². The van der Waals surface area contributed by atoms with Crippen molar-refractivity contribution >= 4 is 23.2 Å². The smallest absolute Gasteiger partial charge is 0.243 e. The van der Waals surface area contributed by atoms with Crippen molar-refractivity contribution in [1.29, 1.82) is 0 Å². The topological polar surface area (TPSA) is 49.9 Å². The fourth-order valence-electron chi connectivity index (χ4n) is 4.15. The zero-order valence-corrected chi connectivity index (χ0v) is 19.0. The average molecular weight is 427 g/mol. The maximum Gasteiger partial charge on any atom is 0.243 e. The number of carbonyl (C=O) groups is 2. The second-order valence-electron chi connectivity index (χ2n) is 9.23. The lowest BCUT2D eigenvalue weighted by Gasteiger charge is -2.38. The van der Waals surface area contributed by atoms with Crippen LogP contribution in [-0.4, -0.2) is 47.9 Å². The van der Waals surface area contributed by atoms with E-state index in [1.165, 1.54) is 10.4 Å². The van der Waals surface area contributed by atoms with E-state index >= 15 is 0 Å². The monoisotopic (exact) mass is 426 g/mol. The van der Waals surface area contributed by atoms with Gasteiger partial charge in [-0.05, 0) is 54.0 Å². The molecule has 1 saturated carbocycles. The Balaban J connectivity index is 1.62. The van der Waals surface area contributed by atoms with Gasteiger partial charge in [0.2, 0.25) is 11.8 Å². The van der Waals surface area contributed by atoms with Gasteiger partial charge < -0.3 is 14.5 Å². The van der Waals surface area contributed by atoms with E-state index in [9.17, 15) is 9.59 Å². The molecule has 0 bridgehead atoms. The molecule has 1 aromatic heterocycles. The highest BCUT2D eigenvalue weighted by Crippen LogP contribution is 2.39. The average Bonchev–Trinajstić information content (AvgIpc) is 3.46. The second-order valence-corrected chi connectivity index (χ2v) is 10.2. The summed E-state index contributed by atoms with van der Waals surface area (Å²) in [4.78, 5) is 31.6. The molecule has 0 saturated heterocycles. The lowest BCUT2D eigenvalue weighted by molar-refractivity contribution is -0.147. The molecule has 2 heterocycles. The Bertz CT molecular complexity index is 925. The fraction of sp³-hybridized carbons (Fsp3) is 0.500. The van der Waals surface area contributed by atoms with Crippen molar-refractivity contribution < 1.29 is 14.3 Å². The van der Waals surface area contributed by atoms with E-state index in [0.29, 0.717) is 6.54 Å². The van der Waals surface area contributed by atoms with Crippen LogP contribution in [0.1, 0.15) is 55.7 Å². The van der Waals surface area contributed by atoms with Gasteiger partial charge in [-0.2, -0.15) is 0 Å². The first-order valence-electron chi connectivity index (χ1n) is 10.6. The largest absolute Gasteiger partial charge is 0.497 e. The summed E-state index contributed by atoms with van der Waals surface area (Å²) in [6.45, 7) is 6.60. The molecule has 0 spiro atoms. The molecule has 160 valence electrons. The third kappa shape index (κ3) is 4.10. The van der Waals surface area contributed by atoms with Crippen LogP contribution in [0.2, 0.25) is 0 Å². The maximum absolute atomic E-state index is 13.5. The van der Waals surface area contributed by atoms with Gasteiger partial charge in [0.05, 0.1) is 13.2 Å². The van der Waals surface area contributed by atoms with Crippen LogP contribution in [-0.2, 0) is 16.0 Å². The van der Waals surface area contributed by atoms with Crippen LogP contribution >= 0.6 is 11.3 Å². The number of amides is 2. The van der Waals surface area contributed by atoms with Gasteiger partial charge in [0.1, 0.15) is 12.3 Å². The zero-order chi connectivity index (χ0) is 21.5. The van der Waals surface area contributed by atoms with E-state index in [-0.39, 0.29) is 30.4 Å².